The summed E-state index contributed by atoms with van der Waals surface area (Å²) < 4.78 is 27.4. The molecule has 1 amide bonds. The second-order valence-corrected chi connectivity index (χ2v) is 11.7. The van der Waals surface area contributed by atoms with Crippen molar-refractivity contribution in [1.82, 2.24) is 9.62 Å². The molecule has 4 N–H and O–H groups in total. The Morgan fingerprint density at radius 2 is 1.97 bits per heavy atom. The van der Waals surface area contributed by atoms with Crippen LogP contribution < -0.4 is 10.6 Å². The van der Waals surface area contributed by atoms with E-state index < -0.39 is 21.7 Å². The van der Waals surface area contributed by atoms with Crippen molar-refractivity contribution in [3.63, 3.8) is 0 Å². The van der Waals surface area contributed by atoms with Gasteiger partial charge in [0.1, 0.15) is 11.4 Å². The van der Waals surface area contributed by atoms with E-state index in [0.717, 1.165) is 48.3 Å². The number of amides is 1. The van der Waals surface area contributed by atoms with Gasteiger partial charge in [0.25, 0.3) is 5.91 Å². The Labute approximate surface area is 207 Å². The van der Waals surface area contributed by atoms with E-state index in [1.165, 1.54) is 16.1 Å². The molecule has 192 valence electrons. The van der Waals surface area contributed by atoms with Crippen molar-refractivity contribution >= 4 is 33.5 Å². The Kier molecular flexibility index (Phi) is 7.95. The largest absolute Gasteiger partial charge is 0.394 e. The Hall–Kier alpha value is -2.27. The molecule has 3 aliphatic rings. The van der Waals surface area contributed by atoms with Crippen LogP contribution in [0.3, 0.4) is 0 Å². The zero-order valence-corrected chi connectivity index (χ0v) is 21.1. The van der Waals surface area contributed by atoms with E-state index >= 15 is 0 Å². The van der Waals surface area contributed by atoms with Gasteiger partial charge >= 0.3 is 0 Å². The van der Waals surface area contributed by atoms with Gasteiger partial charge < -0.3 is 20.8 Å². The van der Waals surface area contributed by atoms with E-state index in [0.29, 0.717) is 18.8 Å². The lowest BCUT2D eigenvalue weighted by Gasteiger charge is -2.34. The van der Waals surface area contributed by atoms with Crippen molar-refractivity contribution in [3.8, 4) is 0 Å². The highest BCUT2D eigenvalue weighted by molar-refractivity contribution is 7.92. The summed E-state index contributed by atoms with van der Waals surface area (Å²) in [5.41, 5.74) is 1.60. The molecule has 0 bridgehead atoms. The molecule has 0 unspecified atom stereocenters. The van der Waals surface area contributed by atoms with Crippen LogP contribution in [0.2, 0.25) is 0 Å². The smallest absolute Gasteiger partial charge is 0.253 e. The molecule has 2 aliphatic heterocycles. The number of aryl methyl sites for hydroxylation is 1. The minimum atomic E-state index is -3.63. The van der Waals surface area contributed by atoms with Gasteiger partial charge in [0.15, 0.2) is 0 Å². The average Bonchev–Trinajstić information content (AvgIpc) is 3.18. The zero-order chi connectivity index (χ0) is 25.1. The minimum Gasteiger partial charge on any atom is -0.394 e. The molecule has 1 saturated heterocycles. The van der Waals surface area contributed by atoms with Crippen molar-refractivity contribution in [3.05, 3.63) is 34.7 Å². The summed E-state index contributed by atoms with van der Waals surface area (Å²) in [6.45, 7) is 2.31. The van der Waals surface area contributed by atoms with E-state index in [4.69, 9.17) is 10.1 Å². The zero-order valence-electron chi connectivity index (χ0n) is 20.2. The van der Waals surface area contributed by atoms with Crippen LogP contribution in [-0.4, -0.2) is 72.6 Å². The molecule has 1 aliphatic carbocycles. The molecule has 35 heavy (non-hydrogen) atoms. The molecule has 0 radical (unpaired) electrons. The fraction of sp³-hybridized carbons (Fsp3) is 0.600. The van der Waals surface area contributed by atoms with Crippen LogP contribution in [-0.2, 0) is 14.8 Å². The summed E-state index contributed by atoms with van der Waals surface area (Å²) in [6.07, 6.45) is 7.20. The molecule has 1 spiro atoms. The molecule has 10 heteroatoms. The highest BCUT2D eigenvalue weighted by Gasteiger charge is 2.48. The lowest BCUT2D eigenvalue weighted by atomic mass is 9.88. The van der Waals surface area contributed by atoms with Crippen LogP contribution in [0.4, 0.5) is 5.69 Å². The molecule has 0 aromatic heterocycles. The second kappa shape index (κ2) is 10.8. The Balaban J connectivity index is 1.37. The van der Waals surface area contributed by atoms with E-state index in [2.05, 4.69) is 10.6 Å². The van der Waals surface area contributed by atoms with Gasteiger partial charge in [-0.15, -0.1) is 0 Å². The molecule has 1 aromatic carbocycles. The third-order valence-corrected chi connectivity index (χ3v) is 8.91. The number of anilines is 1. The van der Waals surface area contributed by atoms with E-state index in [1.54, 1.807) is 12.1 Å². The maximum atomic E-state index is 13.0. The summed E-state index contributed by atoms with van der Waals surface area (Å²) in [6, 6.07) is 5.47. The van der Waals surface area contributed by atoms with Crippen LogP contribution in [0.15, 0.2) is 28.6 Å². The summed E-state index contributed by atoms with van der Waals surface area (Å²) in [7, 11) is -3.63. The van der Waals surface area contributed by atoms with Crippen molar-refractivity contribution in [2.45, 2.75) is 63.5 Å². The number of aliphatic hydroxyl groups excluding tert-OH is 2. The Morgan fingerprint density at radius 1 is 1.26 bits per heavy atom. The van der Waals surface area contributed by atoms with Gasteiger partial charge in [-0.2, -0.15) is 4.31 Å². The van der Waals surface area contributed by atoms with Gasteiger partial charge in [0.2, 0.25) is 10.0 Å². The number of piperidine rings is 1. The second-order valence-electron chi connectivity index (χ2n) is 9.85. The highest BCUT2D eigenvalue weighted by Crippen LogP contribution is 2.35. The van der Waals surface area contributed by atoms with Crippen LogP contribution in [0.5, 0.6) is 0 Å². The normalized spacial score (nSPS) is 22.4. The summed E-state index contributed by atoms with van der Waals surface area (Å²) in [5.74, 6) is 1.05. The SMILES string of the molecule is Cc1cc(NC[C@H](O)CO)ccc1/C=C/S(=O)(=O)N1CCC2(CC1)N=C(C1CCCCC1)NC2=O. The fourth-order valence-electron chi connectivity index (χ4n) is 5.08. The summed E-state index contributed by atoms with van der Waals surface area (Å²) in [5, 5.41) is 25.7. The molecule has 1 saturated carbocycles. The number of aliphatic imine (C=N–C) groups is 1. The predicted octanol–water partition coefficient (Wildman–Crippen LogP) is 2.00. The number of rotatable bonds is 8. The predicted molar refractivity (Wildman–Crippen MR) is 136 cm³/mol. The lowest BCUT2D eigenvalue weighted by Crippen LogP contribution is -2.50. The minimum absolute atomic E-state index is 0.0819. The Morgan fingerprint density at radius 3 is 2.63 bits per heavy atom. The maximum absolute atomic E-state index is 13.0. The first-order valence-corrected chi connectivity index (χ1v) is 14.0. The van der Waals surface area contributed by atoms with E-state index in [9.17, 15) is 18.3 Å². The number of aliphatic hydroxyl groups is 2. The number of nitrogens with zero attached hydrogens (tertiary/aromatic N) is 2. The number of benzene rings is 1. The van der Waals surface area contributed by atoms with Gasteiger partial charge in [-0.3, -0.25) is 9.79 Å². The number of hydrogen-bond donors (Lipinski definition) is 4. The number of sulfonamides is 1. The fourth-order valence-corrected chi connectivity index (χ4v) is 6.26. The summed E-state index contributed by atoms with van der Waals surface area (Å²) in [4.78, 5) is 17.6. The molecule has 1 atom stereocenters. The topological polar surface area (TPSA) is 131 Å². The number of carbonyl (C=O) groups excluding carboxylic acids is 1. The van der Waals surface area contributed by atoms with Crippen LogP contribution >= 0.6 is 0 Å². The molecular formula is C25H36N4O5S. The van der Waals surface area contributed by atoms with Crippen LogP contribution in [0, 0.1) is 12.8 Å². The Bertz CT molecular complexity index is 1090. The third kappa shape index (κ3) is 5.94. The first kappa shape index (κ1) is 25.8. The molecular weight excluding hydrogens is 468 g/mol. The van der Waals surface area contributed by atoms with Crippen molar-refractivity contribution < 1.29 is 23.4 Å². The van der Waals surface area contributed by atoms with Crippen LogP contribution in [0.25, 0.3) is 6.08 Å². The van der Waals surface area contributed by atoms with Crippen LogP contribution in [0.1, 0.15) is 56.1 Å². The number of nitrogens with one attached hydrogen (secondary N) is 2. The molecule has 2 heterocycles. The molecule has 1 aromatic rings. The van der Waals surface area contributed by atoms with Gasteiger partial charge in [0, 0.05) is 36.6 Å². The number of hydrogen-bond acceptors (Lipinski definition) is 7. The lowest BCUT2D eigenvalue weighted by molar-refractivity contribution is -0.125. The standard InChI is InChI=1S/C25H36N4O5S/c1-18-15-21(26-16-22(31)17-30)8-7-19(18)9-14-35(33,34)29-12-10-25(11-13-29)24(32)27-23(28-25)20-5-3-2-4-6-20/h7-9,14-15,20,22,26,30-31H,2-6,10-13,16-17H2,1H3,(H,27,28,32)/b14-9+/t22-/m0/s1. The van der Waals surface area contributed by atoms with Gasteiger partial charge in [0.05, 0.1) is 12.7 Å². The van der Waals surface area contributed by atoms with Gasteiger partial charge in [-0.25, -0.2) is 8.42 Å². The van der Waals surface area contributed by atoms with Gasteiger partial charge in [-0.05, 0) is 61.9 Å². The van der Waals surface area contributed by atoms with Crippen molar-refractivity contribution in [1.29, 1.82) is 0 Å². The molecule has 4 rings (SSSR count). The quantitative estimate of drug-likeness (QED) is 0.428. The van der Waals surface area contributed by atoms with E-state index in [1.807, 2.05) is 19.1 Å². The molecule has 2 fully saturated rings. The molecule has 9 nitrogen and oxygen atoms in total. The maximum Gasteiger partial charge on any atom is 0.253 e. The number of carbonyl (C=O) groups is 1. The van der Waals surface area contributed by atoms with Crippen molar-refractivity contribution in [2.24, 2.45) is 10.9 Å². The number of amidine groups is 1. The first-order valence-electron chi connectivity index (χ1n) is 12.5. The highest BCUT2D eigenvalue weighted by atomic mass is 32.2. The third-order valence-electron chi connectivity index (χ3n) is 7.34. The van der Waals surface area contributed by atoms with Crippen molar-refractivity contribution in [2.75, 3.05) is 31.6 Å². The first-order chi connectivity index (χ1) is 16.7. The summed E-state index contributed by atoms with van der Waals surface area (Å²) >= 11 is 0. The monoisotopic (exact) mass is 504 g/mol. The van der Waals surface area contributed by atoms with E-state index in [-0.39, 0.29) is 32.1 Å². The van der Waals surface area contributed by atoms with Gasteiger partial charge in [-0.1, -0.05) is 25.3 Å². The average molecular weight is 505 g/mol.